The molecule has 1 atom stereocenters. The Morgan fingerprint density at radius 1 is 1.26 bits per heavy atom. The van der Waals surface area contributed by atoms with Crippen molar-refractivity contribution in [3.63, 3.8) is 0 Å². The van der Waals surface area contributed by atoms with E-state index in [1.165, 1.54) is 12.1 Å². The van der Waals surface area contributed by atoms with E-state index >= 15 is 0 Å². The number of benzene rings is 2. The highest BCUT2D eigenvalue weighted by Crippen LogP contribution is 2.23. The van der Waals surface area contributed by atoms with Gasteiger partial charge in [-0.3, -0.25) is 0 Å². The molecule has 0 heterocycles. The lowest BCUT2D eigenvalue weighted by Crippen LogP contribution is -2.19. The van der Waals surface area contributed by atoms with Crippen LogP contribution in [0.1, 0.15) is 17.2 Å². The van der Waals surface area contributed by atoms with Crippen LogP contribution in [-0.4, -0.2) is 6.61 Å². The number of hydrogen-bond donors (Lipinski definition) is 1. The van der Waals surface area contributed by atoms with Crippen molar-refractivity contribution in [3.8, 4) is 5.75 Å². The molecule has 2 rings (SSSR count). The van der Waals surface area contributed by atoms with Crippen molar-refractivity contribution in [2.45, 2.75) is 13.0 Å². The second-order valence-corrected chi connectivity index (χ2v) is 4.82. The molecule has 0 aromatic heterocycles. The predicted molar refractivity (Wildman–Crippen MR) is 75.0 cm³/mol. The third-order valence-electron chi connectivity index (χ3n) is 2.85. The van der Waals surface area contributed by atoms with Gasteiger partial charge in [-0.15, -0.1) is 0 Å². The Balaban J connectivity index is 2.04. The first kappa shape index (κ1) is 13.8. The van der Waals surface area contributed by atoms with Crippen LogP contribution in [0.25, 0.3) is 0 Å². The van der Waals surface area contributed by atoms with Crippen LogP contribution in [0.15, 0.2) is 42.5 Å². The molecule has 0 amide bonds. The number of aryl methyl sites for hydroxylation is 1. The van der Waals surface area contributed by atoms with Crippen molar-refractivity contribution in [1.29, 1.82) is 0 Å². The quantitative estimate of drug-likeness (QED) is 0.922. The van der Waals surface area contributed by atoms with Crippen LogP contribution in [0.2, 0.25) is 5.02 Å². The monoisotopic (exact) mass is 279 g/mol. The summed E-state index contributed by atoms with van der Waals surface area (Å²) >= 11 is 5.91. The van der Waals surface area contributed by atoms with E-state index in [2.05, 4.69) is 0 Å². The summed E-state index contributed by atoms with van der Waals surface area (Å²) in [6.07, 6.45) is 0. The van der Waals surface area contributed by atoms with Crippen molar-refractivity contribution in [2.75, 3.05) is 6.61 Å². The molecule has 1 unspecified atom stereocenters. The minimum absolute atomic E-state index is 0.268. The van der Waals surface area contributed by atoms with Gasteiger partial charge in [-0.05, 0) is 42.3 Å². The Morgan fingerprint density at radius 3 is 2.79 bits per heavy atom. The molecule has 0 spiro atoms. The van der Waals surface area contributed by atoms with Crippen LogP contribution in [0.4, 0.5) is 4.39 Å². The molecule has 0 bridgehead atoms. The van der Waals surface area contributed by atoms with E-state index in [9.17, 15) is 4.39 Å². The Hall–Kier alpha value is -1.58. The second-order valence-electron chi connectivity index (χ2n) is 4.38. The van der Waals surface area contributed by atoms with Gasteiger partial charge in [0.1, 0.15) is 18.2 Å². The lowest BCUT2D eigenvalue weighted by molar-refractivity contribution is 0.288. The molecule has 19 heavy (non-hydrogen) atoms. The first-order valence-corrected chi connectivity index (χ1v) is 6.34. The minimum Gasteiger partial charge on any atom is -0.491 e. The zero-order valence-corrected chi connectivity index (χ0v) is 11.3. The largest absolute Gasteiger partial charge is 0.491 e. The van der Waals surface area contributed by atoms with Crippen LogP contribution >= 0.6 is 11.6 Å². The van der Waals surface area contributed by atoms with Gasteiger partial charge in [-0.1, -0.05) is 29.8 Å². The number of nitrogens with two attached hydrogens (primary N) is 1. The molecule has 2 N–H and O–H groups in total. The van der Waals surface area contributed by atoms with Gasteiger partial charge in [0.15, 0.2) is 0 Å². The van der Waals surface area contributed by atoms with Gasteiger partial charge in [-0.2, -0.15) is 0 Å². The average molecular weight is 280 g/mol. The van der Waals surface area contributed by atoms with Gasteiger partial charge >= 0.3 is 0 Å². The van der Waals surface area contributed by atoms with E-state index in [4.69, 9.17) is 22.1 Å². The van der Waals surface area contributed by atoms with Crippen molar-refractivity contribution in [3.05, 3.63) is 64.4 Å². The standard InChI is InChI=1S/C15H15ClFNO/c1-10-5-6-12(16)8-15(10)19-9-14(18)11-3-2-4-13(17)7-11/h2-8,14H,9,18H2,1H3. The molecule has 2 nitrogen and oxygen atoms in total. The fourth-order valence-corrected chi connectivity index (χ4v) is 1.90. The molecular formula is C15H15ClFNO. The molecule has 100 valence electrons. The van der Waals surface area contributed by atoms with Crippen molar-refractivity contribution >= 4 is 11.6 Å². The van der Waals surface area contributed by atoms with Crippen LogP contribution in [0, 0.1) is 12.7 Å². The Bertz CT molecular complexity index is 574. The number of hydrogen-bond acceptors (Lipinski definition) is 2. The maximum atomic E-state index is 13.1. The van der Waals surface area contributed by atoms with Crippen LogP contribution in [0.3, 0.4) is 0 Å². The molecule has 0 radical (unpaired) electrons. The van der Waals surface area contributed by atoms with Crippen molar-refractivity contribution in [1.82, 2.24) is 0 Å². The third-order valence-corrected chi connectivity index (χ3v) is 3.08. The molecule has 0 fully saturated rings. The van der Waals surface area contributed by atoms with Crippen molar-refractivity contribution < 1.29 is 9.13 Å². The molecular weight excluding hydrogens is 265 g/mol. The first-order valence-electron chi connectivity index (χ1n) is 5.96. The van der Waals surface area contributed by atoms with Gasteiger partial charge < -0.3 is 10.5 Å². The fourth-order valence-electron chi connectivity index (χ4n) is 1.74. The van der Waals surface area contributed by atoms with E-state index in [0.717, 1.165) is 5.56 Å². The summed E-state index contributed by atoms with van der Waals surface area (Å²) in [5, 5.41) is 0.611. The SMILES string of the molecule is Cc1ccc(Cl)cc1OCC(N)c1cccc(F)c1. The topological polar surface area (TPSA) is 35.2 Å². The van der Waals surface area contributed by atoms with E-state index in [1.54, 1.807) is 24.3 Å². The predicted octanol–water partition coefficient (Wildman–Crippen LogP) is 3.87. The number of ether oxygens (including phenoxy) is 1. The van der Waals surface area contributed by atoms with Gasteiger partial charge in [0.25, 0.3) is 0 Å². The highest BCUT2D eigenvalue weighted by Gasteiger charge is 2.09. The van der Waals surface area contributed by atoms with Gasteiger partial charge in [0.05, 0.1) is 6.04 Å². The van der Waals surface area contributed by atoms with Crippen LogP contribution in [-0.2, 0) is 0 Å². The molecule has 2 aromatic rings. The van der Waals surface area contributed by atoms with Gasteiger partial charge in [0.2, 0.25) is 0 Å². The summed E-state index contributed by atoms with van der Waals surface area (Å²) in [5.74, 6) is 0.395. The summed E-state index contributed by atoms with van der Waals surface area (Å²) in [6, 6.07) is 11.3. The normalized spacial score (nSPS) is 12.2. The average Bonchev–Trinajstić information content (AvgIpc) is 2.39. The van der Waals surface area contributed by atoms with Gasteiger partial charge in [-0.25, -0.2) is 4.39 Å². The number of rotatable bonds is 4. The smallest absolute Gasteiger partial charge is 0.123 e. The lowest BCUT2D eigenvalue weighted by atomic mass is 10.1. The van der Waals surface area contributed by atoms with E-state index in [-0.39, 0.29) is 18.5 Å². The summed E-state index contributed by atoms with van der Waals surface area (Å²) in [7, 11) is 0. The summed E-state index contributed by atoms with van der Waals surface area (Å²) < 4.78 is 18.7. The molecule has 0 saturated heterocycles. The molecule has 2 aromatic carbocycles. The van der Waals surface area contributed by atoms with Crippen LogP contribution in [0.5, 0.6) is 5.75 Å². The van der Waals surface area contributed by atoms with Crippen LogP contribution < -0.4 is 10.5 Å². The maximum Gasteiger partial charge on any atom is 0.123 e. The Kier molecular flexibility index (Phi) is 4.40. The zero-order chi connectivity index (χ0) is 13.8. The van der Waals surface area contributed by atoms with Crippen molar-refractivity contribution in [2.24, 2.45) is 5.73 Å². The Labute approximate surface area is 117 Å². The summed E-state index contributed by atoms with van der Waals surface area (Å²) in [5.41, 5.74) is 7.67. The second kappa shape index (κ2) is 6.04. The summed E-state index contributed by atoms with van der Waals surface area (Å²) in [6.45, 7) is 2.20. The molecule has 4 heteroatoms. The highest BCUT2D eigenvalue weighted by atomic mass is 35.5. The van der Waals surface area contributed by atoms with E-state index in [1.807, 2.05) is 13.0 Å². The third kappa shape index (κ3) is 3.69. The molecule has 0 aliphatic carbocycles. The summed E-state index contributed by atoms with van der Waals surface area (Å²) in [4.78, 5) is 0. The molecule has 0 aliphatic heterocycles. The maximum absolute atomic E-state index is 13.1. The van der Waals surface area contributed by atoms with E-state index < -0.39 is 0 Å². The minimum atomic E-state index is -0.380. The molecule has 0 aliphatic rings. The highest BCUT2D eigenvalue weighted by molar-refractivity contribution is 6.30. The van der Waals surface area contributed by atoms with Gasteiger partial charge in [0, 0.05) is 5.02 Å². The first-order chi connectivity index (χ1) is 9.06. The van der Waals surface area contributed by atoms with E-state index in [0.29, 0.717) is 16.3 Å². The lowest BCUT2D eigenvalue weighted by Gasteiger charge is -2.15. The Morgan fingerprint density at radius 2 is 2.05 bits per heavy atom. The molecule has 0 saturated carbocycles. The zero-order valence-electron chi connectivity index (χ0n) is 10.6. The number of halogens is 2. The fraction of sp³-hybridized carbons (Fsp3) is 0.200.